The molecule has 4 heteroatoms. The zero-order valence-electron chi connectivity index (χ0n) is 10.5. The quantitative estimate of drug-likeness (QED) is 0.598. The maximum Gasteiger partial charge on any atom is 0.221 e. The van der Waals surface area contributed by atoms with Gasteiger partial charge in [-0.3, -0.25) is 4.79 Å². The van der Waals surface area contributed by atoms with Gasteiger partial charge >= 0.3 is 0 Å². The highest BCUT2D eigenvalue weighted by atomic mass is 16.1. The van der Waals surface area contributed by atoms with Crippen LogP contribution < -0.4 is 16.0 Å². The van der Waals surface area contributed by atoms with E-state index in [1.54, 1.807) is 0 Å². The maximum atomic E-state index is 11.2. The molecule has 1 fully saturated rings. The Hall–Kier alpha value is -0.610. The van der Waals surface area contributed by atoms with Crippen LogP contribution in [0.1, 0.15) is 39.5 Å². The fourth-order valence-corrected chi connectivity index (χ4v) is 2.19. The van der Waals surface area contributed by atoms with Gasteiger partial charge in [-0.05, 0) is 39.7 Å². The van der Waals surface area contributed by atoms with Gasteiger partial charge in [0.2, 0.25) is 5.91 Å². The number of hydrogen-bond donors (Lipinski definition) is 3. The fourth-order valence-electron chi connectivity index (χ4n) is 2.19. The summed E-state index contributed by atoms with van der Waals surface area (Å²) in [4.78, 5) is 11.2. The summed E-state index contributed by atoms with van der Waals surface area (Å²) in [5, 5.41) is 9.69. The van der Waals surface area contributed by atoms with Crippen molar-refractivity contribution in [2.45, 2.75) is 51.6 Å². The Bertz CT molecular complexity index is 202. The summed E-state index contributed by atoms with van der Waals surface area (Å²) >= 11 is 0. The van der Waals surface area contributed by atoms with E-state index in [0.717, 1.165) is 26.1 Å². The third-order valence-electron chi connectivity index (χ3n) is 3.02. The zero-order valence-corrected chi connectivity index (χ0v) is 10.5. The molecule has 1 heterocycles. The third kappa shape index (κ3) is 5.47. The average molecular weight is 227 g/mol. The molecular weight excluding hydrogens is 202 g/mol. The molecule has 2 atom stereocenters. The van der Waals surface area contributed by atoms with Gasteiger partial charge in [0.15, 0.2) is 0 Å². The Morgan fingerprint density at radius 1 is 1.56 bits per heavy atom. The average Bonchev–Trinajstić information content (AvgIpc) is 2.70. The van der Waals surface area contributed by atoms with Crippen LogP contribution in [0.4, 0.5) is 0 Å². The van der Waals surface area contributed by atoms with E-state index in [2.05, 4.69) is 22.9 Å². The molecule has 0 saturated carbocycles. The highest BCUT2D eigenvalue weighted by Gasteiger charge is 2.16. The van der Waals surface area contributed by atoms with Gasteiger partial charge in [-0.2, -0.15) is 0 Å². The molecule has 4 nitrogen and oxygen atoms in total. The number of amides is 1. The Balaban J connectivity index is 2.01. The molecule has 0 spiro atoms. The largest absolute Gasteiger partial charge is 0.356 e. The minimum absolute atomic E-state index is 0.140. The van der Waals surface area contributed by atoms with E-state index in [1.165, 1.54) is 12.8 Å². The summed E-state index contributed by atoms with van der Waals surface area (Å²) in [6.45, 7) is 6.80. The lowest BCUT2D eigenvalue weighted by Gasteiger charge is -2.18. The van der Waals surface area contributed by atoms with Crippen molar-refractivity contribution in [3.63, 3.8) is 0 Å². The molecule has 0 bridgehead atoms. The number of carbonyl (C=O) groups excluding carboxylic acids is 1. The monoisotopic (exact) mass is 227 g/mol. The van der Waals surface area contributed by atoms with Crippen molar-refractivity contribution in [2.75, 3.05) is 19.6 Å². The molecular formula is C12H25N3O. The molecule has 1 aliphatic rings. The molecule has 16 heavy (non-hydrogen) atoms. The van der Waals surface area contributed by atoms with Gasteiger partial charge in [0.1, 0.15) is 0 Å². The van der Waals surface area contributed by atoms with Crippen LogP contribution in [-0.2, 0) is 4.79 Å². The normalized spacial score (nSPS) is 22.0. The van der Waals surface area contributed by atoms with Crippen molar-refractivity contribution in [2.24, 2.45) is 0 Å². The first kappa shape index (κ1) is 13.5. The number of rotatable bonds is 7. The second-order valence-electron chi connectivity index (χ2n) is 4.59. The molecule has 3 N–H and O–H groups in total. The summed E-state index contributed by atoms with van der Waals surface area (Å²) in [5.74, 6) is 0.140. The lowest BCUT2D eigenvalue weighted by molar-refractivity contribution is -0.120. The van der Waals surface area contributed by atoms with Gasteiger partial charge < -0.3 is 16.0 Å². The van der Waals surface area contributed by atoms with E-state index in [9.17, 15) is 4.79 Å². The molecule has 2 unspecified atom stereocenters. The van der Waals surface area contributed by atoms with Crippen molar-refractivity contribution >= 4 is 5.91 Å². The van der Waals surface area contributed by atoms with Crippen LogP contribution in [0.15, 0.2) is 0 Å². The lowest BCUT2D eigenvalue weighted by Crippen LogP contribution is -2.36. The minimum Gasteiger partial charge on any atom is -0.356 e. The summed E-state index contributed by atoms with van der Waals surface area (Å²) in [5.41, 5.74) is 0. The van der Waals surface area contributed by atoms with Crippen LogP contribution in [0, 0.1) is 0 Å². The number of hydrogen-bond acceptors (Lipinski definition) is 3. The van der Waals surface area contributed by atoms with Crippen molar-refractivity contribution < 1.29 is 4.79 Å². The second kappa shape index (κ2) is 7.63. The molecule has 94 valence electrons. The molecule has 0 aromatic carbocycles. The Morgan fingerprint density at radius 3 is 3.00 bits per heavy atom. The van der Waals surface area contributed by atoms with Crippen molar-refractivity contribution in [3.05, 3.63) is 0 Å². The van der Waals surface area contributed by atoms with Crippen LogP contribution in [0.3, 0.4) is 0 Å². The topological polar surface area (TPSA) is 53.2 Å². The molecule has 1 aliphatic heterocycles. The van der Waals surface area contributed by atoms with E-state index in [0.29, 0.717) is 18.5 Å². The Kier molecular flexibility index (Phi) is 6.42. The second-order valence-corrected chi connectivity index (χ2v) is 4.59. The zero-order chi connectivity index (χ0) is 11.8. The van der Waals surface area contributed by atoms with Crippen LogP contribution >= 0.6 is 0 Å². The minimum atomic E-state index is 0.140. The van der Waals surface area contributed by atoms with Gasteiger partial charge in [0, 0.05) is 31.6 Å². The van der Waals surface area contributed by atoms with Gasteiger partial charge in [0.05, 0.1) is 0 Å². The Morgan fingerprint density at radius 2 is 2.38 bits per heavy atom. The van der Waals surface area contributed by atoms with E-state index < -0.39 is 0 Å². The first-order chi connectivity index (χ1) is 7.72. The molecule has 0 radical (unpaired) electrons. The van der Waals surface area contributed by atoms with E-state index in [1.807, 2.05) is 6.92 Å². The van der Waals surface area contributed by atoms with Crippen molar-refractivity contribution in [1.82, 2.24) is 16.0 Å². The van der Waals surface area contributed by atoms with Gasteiger partial charge in [-0.1, -0.05) is 0 Å². The lowest BCUT2D eigenvalue weighted by atomic mass is 10.1. The predicted molar refractivity (Wildman–Crippen MR) is 66.4 cm³/mol. The molecule has 1 saturated heterocycles. The smallest absolute Gasteiger partial charge is 0.221 e. The predicted octanol–water partition coefficient (Wildman–Crippen LogP) is 0.633. The third-order valence-corrected chi connectivity index (χ3v) is 3.02. The molecule has 0 aliphatic carbocycles. The first-order valence-electron chi connectivity index (χ1n) is 6.45. The first-order valence-corrected chi connectivity index (χ1v) is 6.45. The highest BCUT2D eigenvalue weighted by Crippen LogP contribution is 2.10. The van der Waals surface area contributed by atoms with Gasteiger partial charge in [0.25, 0.3) is 0 Å². The standard InChI is InChI=1S/C12H25N3O/c1-3-13-12(16)6-8-14-10(2)9-11-5-4-7-15-11/h10-11,14-15H,3-9H2,1-2H3,(H,13,16). The van der Waals surface area contributed by atoms with Crippen LogP contribution in [0.5, 0.6) is 0 Å². The summed E-state index contributed by atoms with van der Waals surface area (Å²) in [6.07, 6.45) is 4.34. The Labute approximate surface area is 98.6 Å². The molecule has 0 aromatic rings. The summed E-state index contributed by atoms with van der Waals surface area (Å²) in [7, 11) is 0. The number of carbonyl (C=O) groups is 1. The van der Waals surface area contributed by atoms with Gasteiger partial charge in [-0.15, -0.1) is 0 Å². The summed E-state index contributed by atoms with van der Waals surface area (Å²) in [6, 6.07) is 1.16. The van der Waals surface area contributed by atoms with Crippen LogP contribution in [0.25, 0.3) is 0 Å². The van der Waals surface area contributed by atoms with Crippen LogP contribution in [-0.4, -0.2) is 37.6 Å². The van der Waals surface area contributed by atoms with Crippen molar-refractivity contribution in [3.8, 4) is 0 Å². The molecule has 1 amide bonds. The number of nitrogens with one attached hydrogen (secondary N) is 3. The maximum absolute atomic E-state index is 11.2. The van der Waals surface area contributed by atoms with Crippen molar-refractivity contribution in [1.29, 1.82) is 0 Å². The summed E-state index contributed by atoms with van der Waals surface area (Å²) < 4.78 is 0. The molecule has 0 aromatic heterocycles. The van der Waals surface area contributed by atoms with E-state index >= 15 is 0 Å². The molecule has 1 rings (SSSR count). The SMILES string of the molecule is CCNC(=O)CCNC(C)CC1CCCN1. The van der Waals surface area contributed by atoms with Crippen LogP contribution in [0.2, 0.25) is 0 Å². The van der Waals surface area contributed by atoms with Gasteiger partial charge in [-0.25, -0.2) is 0 Å². The highest BCUT2D eigenvalue weighted by molar-refractivity contribution is 5.75. The van der Waals surface area contributed by atoms with E-state index in [4.69, 9.17) is 0 Å². The van der Waals surface area contributed by atoms with E-state index in [-0.39, 0.29) is 5.91 Å². The fraction of sp³-hybridized carbons (Fsp3) is 0.917.